The van der Waals surface area contributed by atoms with E-state index in [1.807, 2.05) is 37.1 Å². The number of benzene rings is 2. The predicted molar refractivity (Wildman–Crippen MR) is 100 cm³/mol. The molecule has 0 spiro atoms. The Morgan fingerprint density at radius 3 is 2.38 bits per heavy atom. The quantitative estimate of drug-likeness (QED) is 0.784. The first-order valence-corrected chi connectivity index (χ1v) is 8.42. The molecular weight excluding hydrogens is 335 g/mol. The molecule has 0 aliphatic carbocycles. The van der Waals surface area contributed by atoms with Crippen LogP contribution in [0.5, 0.6) is 11.5 Å². The normalized spacial score (nSPS) is 11.9. The number of likely N-dealkylation sites (N-methyl/N-ethyl adjacent to an activating group) is 1. The smallest absolute Gasteiger partial charge is 0.241 e. The van der Waals surface area contributed by atoms with Crippen LogP contribution < -0.4 is 14.8 Å². The van der Waals surface area contributed by atoms with Gasteiger partial charge in [0.15, 0.2) is 11.5 Å². The zero-order chi connectivity index (χ0) is 19.1. The number of methoxy groups -OCH3 is 2. The van der Waals surface area contributed by atoms with Gasteiger partial charge in [-0.1, -0.05) is 6.07 Å². The Morgan fingerprint density at radius 2 is 1.77 bits per heavy atom. The zero-order valence-corrected chi connectivity index (χ0v) is 15.6. The number of hydrogen-bond acceptors (Lipinski definition) is 4. The molecule has 1 atom stereocenters. The third-order valence-corrected chi connectivity index (χ3v) is 4.35. The molecule has 0 unspecified atom stereocenters. The van der Waals surface area contributed by atoms with Gasteiger partial charge in [-0.2, -0.15) is 0 Å². The average Bonchev–Trinajstić information content (AvgIpc) is 2.66. The lowest BCUT2D eigenvalue weighted by molar-refractivity contribution is -0.120. The van der Waals surface area contributed by atoms with Crippen LogP contribution in [0.2, 0.25) is 0 Å². The van der Waals surface area contributed by atoms with E-state index >= 15 is 0 Å². The van der Waals surface area contributed by atoms with Gasteiger partial charge in [0.2, 0.25) is 5.91 Å². The average molecular weight is 360 g/mol. The van der Waals surface area contributed by atoms with Gasteiger partial charge in [0.25, 0.3) is 0 Å². The second kappa shape index (κ2) is 9.20. The number of carbonyl (C=O) groups excluding carboxylic acids is 1. The minimum Gasteiger partial charge on any atom is -0.493 e. The molecule has 2 aromatic rings. The summed E-state index contributed by atoms with van der Waals surface area (Å²) in [5.41, 5.74) is 1.68. The van der Waals surface area contributed by atoms with Crippen molar-refractivity contribution < 1.29 is 18.7 Å². The van der Waals surface area contributed by atoms with E-state index in [2.05, 4.69) is 5.32 Å². The SMILES string of the molecule is COc1ccc(CCN(C)[C@@H](C)C(=O)Nc2ccc(F)cc2)cc1OC. The van der Waals surface area contributed by atoms with Crippen molar-refractivity contribution in [2.24, 2.45) is 0 Å². The van der Waals surface area contributed by atoms with Gasteiger partial charge in [-0.3, -0.25) is 9.69 Å². The van der Waals surface area contributed by atoms with E-state index in [9.17, 15) is 9.18 Å². The van der Waals surface area contributed by atoms with Crippen LogP contribution in [0.15, 0.2) is 42.5 Å². The maximum absolute atomic E-state index is 12.9. The van der Waals surface area contributed by atoms with Crippen LogP contribution in [0.3, 0.4) is 0 Å². The fourth-order valence-electron chi connectivity index (χ4n) is 2.52. The summed E-state index contributed by atoms with van der Waals surface area (Å²) in [6.07, 6.45) is 0.769. The van der Waals surface area contributed by atoms with Crippen LogP contribution in [0.25, 0.3) is 0 Å². The van der Waals surface area contributed by atoms with Crippen LogP contribution >= 0.6 is 0 Å². The Labute approximate surface area is 153 Å². The molecule has 6 heteroatoms. The van der Waals surface area contributed by atoms with E-state index in [0.717, 1.165) is 12.0 Å². The number of carbonyl (C=O) groups is 1. The summed E-state index contributed by atoms with van der Waals surface area (Å²) in [5.74, 6) is 0.918. The second-order valence-electron chi connectivity index (χ2n) is 6.09. The minimum atomic E-state index is -0.330. The first kappa shape index (κ1) is 19.7. The molecule has 1 N–H and O–H groups in total. The van der Waals surface area contributed by atoms with Gasteiger partial charge in [-0.05, 0) is 62.4 Å². The predicted octanol–water partition coefficient (Wildman–Crippen LogP) is 3.34. The van der Waals surface area contributed by atoms with Crippen molar-refractivity contribution in [1.82, 2.24) is 4.90 Å². The molecule has 0 fully saturated rings. The van der Waals surface area contributed by atoms with Gasteiger partial charge < -0.3 is 14.8 Å². The largest absolute Gasteiger partial charge is 0.493 e. The van der Waals surface area contributed by atoms with Crippen molar-refractivity contribution in [2.45, 2.75) is 19.4 Å². The molecule has 5 nitrogen and oxygen atoms in total. The first-order chi connectivity index (χ1) is 12.4. The molecule has 26 heavy (non-hydrogen) atoms. The van der Waals surface area contributed by atoms with Crippen molar-refractivity contribution in [3.8, 4) is 11.5 Å². The number of hydrogen-bond donors (Lipinski definition) is 1. The van der Waals surface area contributed by atoms with Crippen LogP contribution in [0.4, 0.5) is 10.1 Å². The maximum atomic E-state index is 12.9. The summed E-state index contributed by atoms with van der Waals surface area (Å²) in [6.45, 7) is 2.54. The van der Waals surface area contributed by atoms with E-state index in [-0.39, 0.29) is 17.8 Å². The molecule has 0 aromatic heterocycles. The van der Waals surface area contributed by atoms with Gasteiger partial charge in [0.1, 0.15) is 5.82 Å². The van der Waals surface area contributed by atoms with E-state index in [4.69, 9.17) is 9.47 Å². The Morgan fingerprint density at radius 1 is 1.12 bits per heavy atom. The summed E-state index contributed by atoms with van der Waals surface area (Å²) in [4.78, 5) is 14.3. The van der Waals surface area contributed by atoms with E-state index in [1.165, 1.54) is 12.1 Å². The molecule has 0 radical (unpaired) electrons. The Bertz CT molecular complexity index is 734. The van der Waals surface area contributed by atoms with Gasteiger partial charge in [-0.25, -0.2) is 4.39 Å². The molecule has 2 rings (SSSR count). The molecule has 0 saturated heterocycles. The Kier molecular flexibility index (Phi) is 6.97. The number of ether oxygens (including phenoxy) is 2. The Hall–Kier alpha value is -2.60. The first-order valence-electron chi connectivity index (χ1n) is 8.42. The van der Waals surface area contributed by atoms with Gasteiger partial charge in [0.05, 0.1) is 20.3 Å². The highest BCUT2D eigenvalue weighted by Crippen LogP contribution is 2.27. The summed E-state index contributed by atoms with van der Waals surface area (Å²) in [6, 6.07) is 11.2. The van der Waals surface area contributed by atoms with E-state index < -0.39 is 0 Å². The third-order valence-electron chi connectivity index (χ3n) is 4.35. The molecule has 2 aromatic carbocycles. The highest BCUT2D eigenvalue weighted by atomic mass is 19.1. The minimum absolute atomic E-state index is 0.133. The van der Waals surface area contributed by atoms with Gasteiger partial charge in [-0.15, -0.1) is 0 Å². The van der Waals surface area contributed by atoms with Crippen LogP contribution in [-0.4, -0.2) is 44.7 Å². The van der Waals surface area contributed by atoms with E-state index in [1.54, 1.807) is 26.4 Å². The number of nitrogens with one attached hydrogen (secondary N) is 1. The highest BCUT2D eigenvalue weighted by molar-refractivity contribution is 5.94. The summed E-state index contributed by atoms with van der Waals surface area (Å²) in [5, 5.41) is 2.80. The maximum Gasteiger partial charge on any atom is 0.241 e. The third kappa shape index (κ3) is 5.20. The highest BCUT2D eigenvalue weighted by Gasteiger charge is 2.18. The van der Waals surface area contributed by atoms with E-state index in [0.29, 0.717) is 23.7 Å². The monoisotopic (exact) mass is 360 g/mol. The van der Waals surface area contributed by atoms with Crippen molar-refractivity contribution in [3.05, 3.63) is 53.8 Å². The molecule has 140 valence electrons. The standard InChI is InChI=1S/C20H25FN2O3/c1-14(20(24)22-17-8-6-16(21)7-9-17)23(2)12-11-15-5-10-18(25-3)19(13-15)26-4/h5-10,13-14H,11-12H2,1-4H3,(H,22,24)/t14-/m0/s1. The van der Waals surface area contributed by atoms with Crippen LogP contribution in [0.1, 0.15) is 12.5 Å². The lowest BCUT2D eigenvalue weighted by atomic mass is 10.1. The molecule has 0 aliphatic heterocycles. The second-order valence-corrected chi connectivity index (χ2v) is 6.09. The molecule has 1 amide bonds. The number of nitrogens with zero attached hydrogens (tertiary/aromatic N) is 1. The number of rotatable bonds is 8. The fraction of sp³-hybridized carbons (Fsp3) is 0.350. The number of halogens is 1. The molecule has 0 saturated carbocycles. The lowest BCUT2D eigenvalue weighted by Gasteiger charge is -2.24. The van der Waals surface area contributed by atoms with Gasteiger partial charge in [0, 0.05) is 12.2 Å². The summed E-state index contributed by atoms with van der Waals surface area (Å²) in [7, 11) is 5.11. The van der Waals surface area contributed by atoms with Crippen molar-refractivity contribution in [1.29, 1.82) is 0 Å². The number of amides is 1. The van der Waals surface area contributed by atoms with Crippen molar-refractivity contribution in [2.75, 3.05) is 33.1 Å². The lowest BCUT2D eigenvalue weighted by Crippen LogP contribution is -2.40. The molecular formula is C20H25FN2O3. The van der Waals surface area contributed by atoms with Crippen LogP contribution in [0, 0.1) is 5.82 Å². The zero-order valence-electron chi connectivity index (χ0n) is 15.6. The topological polar surface area (TPSA) is 50.8 Å². The van der Waals surface area contributed by atoms with Crippen molar-refractivity contribution >= 4 is 11.6 Å². The summed E-state index contributed by atoms with van der Waals surface area (Å²) < 4.78 is 23.5. The molecule has 0 aliphatic rings. The molecule has 0 bridgehead atoms. The number of anilines is 1. The van der Waals surface area contributed by atoms with Gasteiger partial charge >= 0.3 is 0 Å². The molecule has 0 heterocycles. The fourth-order valence-corrected chi connectivity index (χ4v) is 2.52. The van der Waals surface area contributed by atoms with Crippen LogP contribution in [-0.2, 0) is 11.2 Å². The Balaban J connectivity index is 1.91. The summed E-state index contributed by atoms with van der Waals surface area (Å²) >= 11 is 0. The van der Waals surface area contributed by atoms with Crippen molar-refractivity contribution in [3.63, 3.8) is 0 Å².